The number of anilines is 1. The molecule has 0 aliphatic carbocycles. The van der Waals surface area contributed by atoms with Gasteiger partial charge in [0.15, 0.2) is 0 Å². The van der Waals surface area contributed by atoms with Crippen molar-refractivity contribution in [1.29, 1.82) is 0 Å². The molecular formula is C6H6INO. The number of benzene rings is 1. The Kier molecular flexibility index (Phi) is 2.29. The molecule has 0 heterocycles. The maximum absolute atomic E-state index is 8.46. The van der Waals surface area contributed by atoms with E-state index < -0.39 is 0 Å². The molecule has 0 bridgehead atoms. The van der Waals surface area contributed by atoms with E-state index in [1.54, 1.807) is 0 Å². The third-order valence-corrected chi connectivity index (χ3v) is 1.93. The molecule has 0 saturated carbocycles. The van der Waals surface area contributed by atoms with E-state index in [0.717, 1.165) is 9.26 Å². The van der Waals surface area contributed by atoms with Gasteiger partial charge < -0.3 is 0 Å². The van der Waals surface area contributed by atoms with Crippen molar-refractivity contribution in [2.24, 2.45) is 0 Å². The topological polar surface area (TPSA) is 32.3 Å². The SMILES string of the molecule is ONc1ccccc1I. The zero-order valence-corrected chi connectivity index (χ0v) is 6.79. The lowest BCUT2D eigenvalue weighted by molar-refractivity contribution is 0.388. The van der Waals surface area contributed by atoms with Crippen molar-refractivity contribution >= 4 is 28.3 Å². The Morgan fingerprint density at radius 1 is 1.33 bits per heavy atom. The summed E-state index contributed by atoms with van der Waals surface area (Å²) in [6, 6.07) is 7.50. The van der Waals surface area contributed by atoms with Crippen molar-refractivity contribution in [3.63, 3.8) is 0 Å². The molecule has 1 aromatic carbocycles. The van der Waals surface area contributed by atoms with Gasteiger partial charge in [0.2, 0.25) is 0 Å². The van der Waals surface area contributed by atoms with Crippen molar-refractivity contribution in [1.82, 2.24) is 0 Å². The second-order valence-electron chi connectivity index (χ2n) is 1.59. The number of hydrogen-bond acceptors (Lipinski definition) is 2. The maximum atomic E-state index is 8.46. The molecule has 3 heteroatoms. The van der Waals surface area contributed by atoms with E-state index in [1.807, 2.05) is 24.3 Å². The first-order valence-electron chi connectivity index (χ1n) is 2.49. The van der Waals surface area contributed by atoms with E-state index in [4.69, 9.17) is 5.21 Å². The van der Waals surface area contributed by atoms with Crippen LogP contribution in [0.4, 0.5) is 5.69 Å². The molecule has 0 atom stereocenters. The van der Waals surface area contributed by atoms with Crippen LogP contribution in [0, 0.1) is 3.57 Å². The summed E-state index contributed by atoms with van der Waals surface area (Å²) in [5.74, 6) is 0. The molecule has 0 spiro atoms. The fourth-order valence-corrected chi connectivity index (χ4v) is 1.06. The second-order valence-corrected chi connectivity index (χ2v) is 2.75. The summed E-state index contributed by atoms with van der Waals surface area (Å²) < 4.78 is 1.01. The van der Waals surface area contributed by atoms with Crippen molar-refractivity contribution < 1.29 is 5.21 Å². The summed E-state index contributed by atoms with van der Waals surface area (Å²) >= 11 is 2.14. The van der Waals surface area contributed by atoms with Gasteiger partial charge in [-0.15, -0.1) is 0 Å². The molecule has 0 fully saturated rings. The molecule has 0 radical (unpaired) electrons. The highest BCUT2D eigenvalue weighted by atomic mass is 127. The van der Waals surface area contributed by atoms with Gasteiger partial charge in [0.1, 0.15) is 0 Å². The van der Waals surface area contributed by atoms with Crippen LogP contribution < -0.4 is 5.48 Å². The van der Waals surface area contributed by atoms with E-state index >= 15 is 0 Å². The Labute approximate surface area is 67.0 Å². The Hall–Kier alpha value is -0.290. The fraction of sp³-hybridized carbons (Fsp3) is 0. The summed E-state index contributed by atoms with van der Waals surface area (Å²) in [4.78, 5) is 0. The highest BCUT2D eigenvalue weighted by Gasteiger charge is 1.91. The summed E-state index contributed by atoms with van der Waals surface area (Å²) in [6.45, 7) is 0. The minimum atomic E-state index is 0.748. The molecule has 0 aliphatic rings. The Morgan fingerprint density at radius 3 is 2.44 bits per heavy atom. The zero-order chi connectivity index (χ0) is 6.69. The van der Waals surface area contributed by atoms with Gasteiger partial charge in [-0.1, -0.05) is 12.1 Å². The average Bonchev–Trinajstić information content (AvgIpc) is 1.89. The molecule has 1 rings (SSSR count). The molecule has 9 heavy (non-hydrogen) atoms. The van der Waals surface area contributed by atoms with Gasteiger partial charge in [-0.2, -0.15) is 0 Å². The number of nitrogens with one attached hydrogen (secondary N) is 1. The standard InChI is InChI=1S/C6H6INO/c7-5-3-1-2-4-6(5)8-9/h1-4,8-9H. The van der Waals surface area contributed by atoms with Crippen LogP contribution in [0.2, 0.25) is 0 Å². The minimum absolute atomic E-state index is 0.748. The van der Waals surface area contributed by atoms with Gasteiger partial charge in [0.25, 0.3) is 0 Å². The van der Waals surface area contributed by atoms with Gasteiger partial charge in [0, 0.05) is 3.57 Å². The van der Waals surface area contributed by atoms with Crippen LogP contribution in [0.5, 0.6) is 0 Å². The van der Waals surface area contributed by atoms with Crippen LogP contribution in [-0.2, 0) is 0 Å². The van der Waals surface area contributed by atoms with Crippen LogP contribution in [0.15, 0.2) is 24.3 Å². The van der Waals surface area contributed by atoms with Gasteiger partial charge in [-0.25, -0.2) is 0 Å². The van der Waals surface area contributed by atoms with Crippen LogP contribution in [0.25, 0.3) is 0 Å². The first-order chi connectivity index (χ1) is 4.34. The van der Waals surface area contributed by atoms with E-state index in [2.05, 4.69) is 28.1 Å². The number of para-hydroxylation sites is 1. The lowest BCUT2D eigenvalue weighted by Crippen LogP contribution is -1.90. The predicted molar refractivity (Wildman–Crippen MR) is 44.6 cm³/mol. The van der Waals surface area contributed by atoms with Gasteiger partial charge in [-0.05, 0) is 34.7 Å². The van der Waals surface area contributed by atoms with Crippen LogP contribution in [0.1, 0.15) is 0 Å². The van der Waals surface area contributed by atoms with E-state index in [1.165, 1.54) is 0 Å². The maximum Gasteiger partial charge on any atom is 0.0735 e. The number of rotatable bonds is 1. The Bertz CT molecular complexity index is 202. The summed E-state index contributed by atoms with van der Waals surface area (Å²) in [5.41, 5.74) is 2.84. The molecule has 0 aromatic heterocycles. The molecular weight excluding hydrogens is 229 g/mol. The smallest absolute Gasteiger partial charge is 0.0735 e. The van der Waals surface area contributed by atoms with Gasteiger partial charge >= 0.3 is 0 Å². The average molecular weight is 235 g/mol. The van der Waals surface area contributed by atoms with E-state index in [0.29, 0.717) is 0 Å². The van der Waals surface area contributed by atoms with Crippen molar-refractivity contribution in [2.45, 2.75) is 0 Å². The summed E-state index contributed by atoms with van der Waals surface area (Å²) in [5, 5.41) is 8.46. The molecule has 0 saturated heterocycles. The van der Waals surface area contributed by atoms with Crippen molar-refractivity contribution in [3.05, 3.63) is 27.8 Å². The number of halogens is 1. The second kappa shape index (κ2) is 3.03. The van der Waals surface area contributed by atoms with Crippen molar-refractivity contribution in [2.75, 3.05) is 5.48 Å². The first kappa shape index (κ1) is 6.82. The quantitative estimate of drug-likeness (QED) is 0.577. The van der Waals surface area contributed by atoms with E-state index in [9.17, 15) is 0 Å². The highest BCUT2D eigenvalue weighted by molar-refractivity contribution is 14.1. The Balaban J connectivity index is 3.01. The van der Waals surface area contributed by atoms with Crippen LogP contribution >= 0.6 is 22.6 Å². The zero-order valence-electron chi connectivity index (χ0n) is 4.63. The van der Waals surface area contributed by atoms with Crippen molar-refractivity contribution in [3.8, 4) is 0 Å². The summed E-state index contributed by atoms with van der Waals surface area (Å²) in [6.07, 6.45) is 0. The van der Waals surface area contributed by atoms with Crippen LogP contribution in [0.3, 0.4) is 0 Å². The molecule has 2 N–H and O–H groups in total. The largest absolute Gasteiger partial charge is 0.291 e. The third-order valence-electron chi connectivity index (χ3n) is 0.994. The van der Waals surface area contributed by atoms with Crippen LogP contribution in [-0.4, -0.2) is 5.21 Å². The first-order valence-corrected chi connectivity index (χ1v) is 3.57. The lowest BCUT2D eigenvalue weighted by Gasteiger charge is -1.98. The monoisotopic (exact) mass is 235 g/mol. The lowest BCUT2D eigenvalue weighted by atomic mass is 10.3. The molecule has 1 aromatic rings. The van der Waals surface area contributed by atoms with Gasteiger partial charge in [0.05, 0.1) is 5.69 Å². The molecule has 0 amide bonds. The fourth-order valence-electron chi connectivity index (χ4n) is 0.552. The molecule has 48 valence electrons. The highest BCUT2D eigenvalue weighted by Crippen LogP contribution is 2.15. The Morgan fingerprint density at radius 2 is 2.00 bits per heavy atom. The summed E-state index contributed by atoms with van der Waals surface area (Å²) in [7, 11) is 0. The number of hydrogen-bond donors (Lipinski definition) is 2. The molecule has 0 aliphatic heterocycles. The van der Waals surface area contributed by atoms with Gasteiger partial charge in [-0.3, -0.25) is 10.7 Å². The molecule has 0 unspecified atom stereocenters. The normalized spacial score (nSPS) is 9.11. The minimum Gasteiger partial charge on any atom is -0.291 e. The van der Waals surface area contributed by atoms with E-state index in [-0.39, 0.29) is 0 Å². The molecule has 2 nitrogen and oxygen atoms in total. The third kappa shape index (κ3) is 1.56. The predicted octanol–water partition coefficient (Wildman–Crippen LogP) is 2.09.